The molecule has 0 aliphatic carbocycles. The van der Waals surface area contributed by atoms with E-state index < -0.39 is 17.6 Å². The van der Waals surface area contributed by atoms with E-state index in [2.05, 4.69) is 20.4 Å². The van der Waals surface area contributed by atoms with E-state index in [-0.39, 0.29) is 11.5 Å². The van der Waals surface area contributed by atoms with Crippen LogP contribution in [0.3, 0.4) is 0 Å². The molecule has 0 aliphatic heterocycles. The highest BCUT2D eigenvalue weighted by atomic mass is 19.4. The van der Waals surface area contributed by atoms with E-state index in [9.17, 15) is 18.0 Å². The first-order valence-corrected chi connectivity index (χ1v) is 9.43. The Bertz CT molecular complexity index is 1310. The van der Waals surface area contributed by atoms with Crippen LogP contribution in [-0.4, -0.2) is 25.7 Å². The van der Waals surface area contributed by atoms with Gasteiger partial charge < -0.3 is 5.32 Å². The number of nitrogens with one attached hydrogen (secondary N) is 1. The number of carbonyl (C=O) groups is 1. The first-order chi connectivity index (χ1) is 14.6. The van der Waals surface area contributed by atoms with Crippen LogP contribution in [-0.2, 0) is 6.18 Å². The second kappa shape index (κ2) is 7.50. The molecule has 0 aliphatic rings. The molecule has 2 heterocycles. The van der Waals surface area contributed by atoms with Crippen molar-refractivity contribution in [2.45, 2.75) is 26.9 Å². The fourth-order valence-electron chi connectivity index (χ4n) is 3.23. The summed E-state index contributed by atoms with van der Waals surface area (Å²) in [7, 11) is 0. The number of amides is 1. The Morgan fingerprint density at radius 2 is 1.61 bits per heavy atom. The van der Waals surface area contributed by atoms with Gasteiger partial charge >= 0.3 is 6.18 Å². The van der Waals surface area contributed by atoms with Gasteiger partial charge in [0.1, 0.15) is 5.82 Å². The van der Waals surface area contributed by atoms with Crippen molar-refractivity contribution in [1.82, 2.24) is 19.7 Å². The number of hydrogen-bond acceptors (Lipinski definition) is 4. The summed E-state index contributed by atoms with van der Waals surface area (Å²) in [6.45, 7) is 5.32. The molecule has 2 aromatic heterocycles. The Labute approximate surface area is 175 Å². The van der Waals surface area contributed by atoms with Gasteiger partial charge in [0.05, 0.1) is 39.4 Å². The van der Waals surface area contributed by atoms with Gasteiger partial charge in [0.2, 0.25) is 0 Å². The molecule has 1 N–H and O–H groups in total. The Hall–Kier alpha value is -3.75. The molecular formula is C22H18F3N5O. The minimum absolute atomic E-state index is 0.130. The molecule has 0 unspecified atom stereocenters. The summed E-state index contributed by atoms with van der Waals surface area (Å²) in [4.78, 5) is 21.7. The van der Waals surface area contributed by atoms with E-state index in [0.717, 1.165) is 22.1 Å². The predicted molar refractivity (Wildman–Crippen MR) is 110 cm³/mol. The summed E-state index contributed by atoms with van der Waals surface area (Å²) in [6, 6.07) is 11.5. The van der Waals surface area contributed by atoms with E-state index in [1.807, 2.05) is 13.8 Å². The molecule has 158 valence electrons. The maximum absolute atomic E-state index is 13.5. The number of rotatable bonds is 3. The number of aryl methyl sites for hydroxylation is 3. The van der Waals surface area contributed by atoms with Crippen LogP contribution < -0.4 is 5.32 Å². The Kier molecular flexibility index (Phi) is 4.96. The highest BCUT2D eigenvalue weighted by Gasteiger charge is 2.34. The average Bonchev–Trinajstić information content (AvgIpc) is 3.07. The van der Waals surface area contributed by atoms with Gasteiger partial charge in [-0.1, -0.05) is 12.1 Å². The standard InChI is InChI=1S/C22H18F3N5O/c1-12-10-20(30(29-12)19-7-5-4-6-16(19)22(23,24)25)28-21(31)15-8-9-17-18(11-15)27-14(3)13(2)26-17/h4-11H,1-3H3,(H,28,31). The van der Waals surface area contributed by atoms with Crippen molar-refractivity contribution in [3.63, 3.8) is 0 Å². The topological polar surface area (TPSA) is 72.7 Å². The minimum atomic E-state index is -4.56. The Morgan fingerprint density at radius 1 is 0.935 bits per heavy atom. The van der Waals surface area contributed by atoms with Gasteiger partial charge in [-0.05, 0) is 51.1 Å². The normalized spacial score (nSPS) is 11.7. The molecule has 9 heteroatoms. The number of fused-ring (bicyclic) bond motifs is 1. The number of alkyl halides is 3. The first-order valence-electron chi connectivity index (χ1n) is 9.43. The number of carbonyl (C=O) groups excluding carboxylic acids is 1. The number of para-hydroxylation sites is 1. The number of halogens is 3. The van der Waals surface area contributed by atoms with Crippen molar-refractivity contribution in [3.05, 3.63) is 76.7 Å². The highest BCUT2D eigenvalue weighted by molar-refractivity contribution is 6.05. The van der Waals surface area contributed by atoms with Crippen LogP contribution in [0.4, 0.5) is 19.0 Å². The van der Waals surface area contributed by atoms with Crippen molar-refractivity contribution in [2.24, 2.45) is 0 Å². The molecule has 2 aromatic carbocycles. The zero-order valence-electron chi connectivity index (χ0n) is 16.9. The molecule has 31 heavy (non-hydrogen) atoms. The minimum Gasteiger partial charge on any atom is -0.306 e. The lowest BCUT2D eigenvalue weighted by molar-refractivity contribution is -0.137. The molecule has 4 rings (SSSR count). The summed E-state index contributed by atoms with van der Waals surface area (Å²) in [5.41, 5.74) is 2.51. The Morgan fingerprint density at radius 3 is 2.32 bits per heavy atom. The molecule has 0 atom stereocenters. The van der Waals surface area contributed by atoms with Gasteiger partial charge in [-0.2, -0.15) is 18.3 Å². The number of aromatic nitrogens is 4. The third kappa shape index (κ3) is 3.98. The van der Waals surface area contributed by atoms with Gasteiger partial charge in [0.15, 0.2) is 0 Å². The fraction of sp³-hybridized carbons (Fsp3) is 0.182. The predicted octanol–water partition coefficient (Wildman–Crippen LogP) is 5.01. The summed E-state index contributed by atoms with van der Waals surface area (Å²) < 4.78 is 41.5. The number of hydrogen-bond donors (Lipinski definition) is 1. The molecule has 0 spiro atoms. The fourth-order valence-corrected chi connectivity index (χ4v) is 3.23. The summed E-state index contributed by atoms with van der Waals surface area (Å²) in [5, 5.41) is 6.81. The molecule has 6 nitrogen and oxygen atoms in total. The quantitative estimate of drug-likeness (QED) is 0.501. The van der Waals surface area contributed by atoms with Gasteiger partial charge in [0.25, 0.3) is 5.91 Å². The molecule has 1 amide bonds. The second-order valence-electron chi connectivity index (χ2n) is 7.15. The largest absolute Gasteiger partial charge is 0.418 e. The van der Waals surface area contributed by atoms with E-state index in [1.165, 1.54) is 24.3 Å². The summed E-state index contributed by atoms with van der Waals surface area (Å²) in [5.74, 6) is -0.363. The summed E-state index contributed by atoms with van der Waals surface area (Å²) >= 11 is 0. The monoisotopic (exact) mass is 425 g/mol. The number of nitrogens with zero attached hydrogens (tertiary/aromatic N) is 4. The van der Waals surface area contributed by atoms with Gasteiger partial charge in [0, 0.05) is 11.6 Å². The van der Waals surface area contributed by atoms with Gasteiger partial charge in [-0.3, -0.25) is 4.79 Å². The van der Waals surface area contributed by atoms with Gasteiger partial charge in [-0.25, -0.2) is 14.6 Å². The Balaban J connectivity index is 1.71. The van der Waals surface area contributed by atoms with Crippen LogP contribution in [0.5, 0.6) is 0 Å². The third-order valence-corrected chi connectivity index (χ3v) is 4.85. The molecule has 4 aromatic rings. The lowest BCUT2D eigenvalue weighted by Gasteiger charge is -2.15. The van der Waals surface area contributed by atoms with Crippen molar-refractivity contribution in [3.8, 4) is 5.69 Å². The average molecular weight is 425 g/mol. The van der Waals surface area contributed by atoms with Gasteiger partial charge in [-0.15, -0.1) is 0 Å². The zero-order chi connectivity index (χ0) is 22.3. The van der Waals surface area contributed by atoms with Crippen molar-refractivity contribution in [1.29, 1.82) is 0 Å². The van der Waals surface area contributed by atoms with E-state index in [4.69, 9.17) is 0 Å². The molecule has 0 saturated heterocycles. The van der Waals surface area contributed by atoms with E-state index in [0.29, 0.717) is 22.3 Å². The van der Waals surface area contributed by atoms with E-state index >= 15 is 0 Å². The first kappa shape index (κ1) is 20.5. The van der Waals surface area contributed by atoms with E-state index in [1.54, 1.807) is 25.1 Å². The smallest absolute Gasteiger partial charge is 0.306 e. The van der Waals surface area contributed by atoms with Crippen LogP contribution in [0.15, 0.2) is 48.5 Å². The van der Waals surface area contributed by atoms with Crippen LogP contribution in [0, 0.1) is 20.8 Å². The lowest BCUT2D eigenvalue weighted by atomic mass is 10.1. The maximum atomic E-state index is 13.5. The molecule has 0 saturated carbocycles. The molecule has 0 fully saturated rings. The summed E-state index contributed by atoms with van der Waals surface area (Å²) in [6.07, 6.45) is -4.56. The van der Waals surface area contributed by atoms with Crippen LogP contribution in [0.1, 0.15) is 33.0 Å². The van der Waals surface area contributed by atoms with Crippen LogP contribution in [0.2, 0.25) is 0 Å². The van der Waals surface area contributed by atoms with Crippen molar-refractivity contribution in [2.75, 3.05) is 5.32 Å². The molecule has 0 radical (unpaired) electrons. The highest BCUT2D eigenvalue weighted by Crippen LogP contribution is 2.34. The maximum Gasteiger partial charge on any atom is 0.418 e. The van der Waals surface area contributed by atoms with Crippen LogP contribution in [0.25, 0.3) is 16.7 Å². The lowest BCUT2D eigenvalue weighted by Crippen LogP contribution is -2.17. The van der Waals surface area contributed by atoms with Crippen molar-refractivity contribution >= 4 is 22.8 Å². The van der Waals surface area contributed by atoms with Crippen LogP contribution >= 0.6 is 0 Å². The number of benzene rings is 2. The number of anilines is 1. The second-order valence-corrected chi connectivity index (χ2v) is 7.15. The zero-order valence-corrected chi connectivity index (χ0v) is 16.9. The molecular weight excluding hydrogens is 407 g/mol. The molecule has 0 bridgehead atoms. The SMILES string of the molecule is Cc1cc(NC(=O)c2ccc3nc(C)c(C)nc3c2)n(-c2ccccc2C(F)(F)F)n1. The van der Waals surface area contributed by atoms with Crippen molar-refractivity contribution < 1.29 is 18.0 Å². The third-order valence-electron chi connectivity index (χ3n) is 4.85.